The van der Waals surface area contributed by atoms with Crippen LogP contribution in [0.4, 0.5) is 4.39 Å². The monoisotopic (exact) mass is 288 g/mol. The van der Waals surface area contributed by atoms with E-state index in [1.165, 1.54) is 12.1 Å². The Kier molecular flexibility index (Phi) is 3.93. The molecular weight excluding hydrogens is 282 g/mol. The first-order valence-electron chi connectivity index (χ1n) is 4.92. The zero-order valence-corrected chi connectivity index (χ0v) is 10.9. The lowest BCUT2D eigenvalue weighted by Gasteiger charge is -2.11. The Bertz CT molecular complexity index is 523. The second kappa shape index (κ2) is 5.26. The van der Waals surface area contributed by atoms with E-state index in [-0.39, 0.29) is 10.4 Å². The van der Waals surface area contributed by atoms with Crippen LogP contribution in [0.5, 0.6) is 0 Å². The van der Waals surface area contributed by atoms with Crippen LogP contribution in [0.3, 0.4) is 0 Å². The molecule has 88 valence electrons. The van der Waals surface area contributed by atoms with Gasteiger partial charge in [0.05, 0.1) is 10.4 Å². The van der Waals surface area contributed by atoms with E-state index in [1.54, 1.807) is 18.2 Å². The number of hydrogen-bond donors (Lipinski definition) is 0. The van der Waals surface area contributed by atoms with Crippen molar-refractivity contribution in [3.05, 3.63) is 69.5 Å². The fraction of sp³-hybridized carbons (Fsp3) is 0.0769. The first-order valence-corrected chi connectivity index (χ1v) is 6.11. The second-order valence-electron chi connectivity index (χ2n) is 3.59. The SMILES string of the molecule is Fc1ccc(C(Cl)c2ccc(Cl)cc2)cc1Cl. The van der Waals surface area contributed by atoms with Gasteiger partial charge in [0, 0.05) is 5.02 Å². The second-order valence-corrected chi connectivity index (χ2v) is 4.87. The molecule has 0 spiro atoms. The smallest absolute Gasteiger partial charge is 0.141 e. The molecule has 17 heavy (non-hydrogen) atoms. The van der Waals surface area contributed by atoms with Crippen molar-refractivity contribution >= 4 is 34.8 Å². The maximum absolute atomic E-state index is 13.0. The number of rotatable bonds is 2. The van der Waals surface area contributed by atoms with Crippen LogP contribution < -0.4 is 0 Å². The molecular formula is C13H8Cl3F. The summed E-state index contributed by atoms with van der Waals surface area (Å²) >= 11 is 17.8. The highest BCUT2D eigenvalue weighted by atomic mass is 35.5. The molecule has 0 radical (unpaired) electrons. The van der Waals surface area contributed by atoms with E-state index in [0.717, 1.165) is 11.1 Å². The Morgan fingerprint density at radius 3 is 2.06 bits per heavy atom. The van der Waals surface area contributed by atoms with Gasteiger partial charge in [0.15, 0.2) is 0 Å². The molecule has 1 unspecified atom stereocenters. The molecule has 0 aromatic heterocycles. The molecule has 0 fully saturated rings. The summed E-state index contributed by atoms with van der Waals surface area (Å²) in [6.07, 6.45) is 0. The highest BCUT2D eigenvalue weighted by Gasteiger charge is 2.12. The van der Waals surface area contributed by atoms with E-state index in [4.69, 9.17) is 34.8 Å². The molecule has 0 aliphatic carbocycles. The largest absolute Gasteiger partial charge is 0.205 e. The zero-order valence-electron chi connectivity index (χ0n) is 8.63. The van der Waals surface area contributed by atoms with Crippen molar-refractivity contribution in [3.63, 3.8) is 0 Å². The van der Waals surface area contributed by atoms with Crippen LogP contribution in [0.1, 0.15) is 16.5 Å². The van der Waals surface area contributed by atoms with E-state index in [1.807, 2.05) is 12.1 Å². The van der Waals surface area contributed by atoms with Crippen LogP contribution >= 0.6 is 34.8 Å². The standard InChI is InChI=1S/C13H8Cl3F/c14-10-4-1-8(2-5-10)13(16)9-3-6-12(17)11(15)7-9/h1-7,13H. The maximum Gasteiger partial charge on any atom is 0.141 e. The lowest BCUT2D eigenvalue weighted by molar-refractivity contribution is 0.627. The lowest BCUT2D eigenvalue weighted by atomic mass is 10.0. The molecule has 2 aromatic rings. The molecule has 0 bridgehead atoms. The van der Waals surface area contributed by atoms with Gasteiger partial charge in [0.1, 0.15) is 5.82 Å². The van der Waals surface area contributed by atoms with Crippen molar-refractivity contribution in [3.8, 4) is 0 Å². The van der Waals surface area contributed by atoms with Crippen LogP contribution in [-0.4, -0.2) is 0 Å². The first kappa shape index (κ1) is 12.7. The molecule has 0 aliphatic heterocycles. The van der Waals surface area contributed by atoms with Gasteiger partial charge >= 0.3 is 0 Å². The molecule has 2 aromatic carbocycles. The summed E-state index contributed by atoms with van der Waals surface area (Å²) < 4.78 is 13.0. The Morgan fingerprint density at radius 1 is 0.882 bits per heavy atom. The fourth-order valence-electron chi connectivity index (χ4n) is 1.49. The van der Waals surface area contributed by atoms with Gasteiger partial charge in [-0.25, -0.2) is 4.39 Å². The normalized spacial score (nSPS) is 12.5. The third-order valence-electron chi connectivity index (χ3n) is 2.40. The Labute approximate surface area is 114 Å². The average Bonchev–Trinajstić information content (AvgIpc) is 2.33. The maximum atomic E-state index is 13.0. The molecule has 0 saturated carbocycles. The predicted molar refractivity (Wildman–Crippen MR) is 70.6 cm³/mol. The van der Waals surface area contributed by atoms with Crippen LogP contribution in [0.15, 0.2) is 42.5 Å². The van der Waals surface area contributed by atoms with Gasteiger partial charge in [0.25, 0.3) is 0 Å². The van der Waals surface area contributed by atoms with Crippen LogP contribution in [0.2, 0.25) is 10.0 Å². The number of alkyl halides is 1. The van der Waals surface area contributed by atoms with Crippen molar-refractivity contribution in [1.29, 1.82) is 0 Å². The number of benzene rings is 2. The van der Waals surface area contributed by atoms with Gasteiger partial charge in [0.2, 0.25) is 0 Å². The third kappa shape index (κ3) is 2.92. The number of hydrogen-bond acceptors (Lipinski definition) is 0. The summed E-state index contributed by atoms with van der Waals surface area (Å²) in [5, 5.41) is 0.349. The van der Waals surface area contributed by atoms with Crippen LogP contribution in [-0.2, 0) is 0 Å². The molecule has 0 nitrogen and oxygen atoms in total. The molecule has 0 amide bonds. The summed E-state index contributed by atoms with van der Waals surface area (Å²) in [6.45, 7) is 0. The summed E-state index contributed by atoms with van der Waals surface area (Å²) in [6, 6.07) is 11.6. The Balaban J connectivity index is 2.33. The van der Waals surface area contributed by atoms with E-state index in [2.05, 4.69) is 0 Å². The van der Waals surface area contributed by atoms with Crippen LogP contribution in [0, 0.1) is 5.82 Å². The Hall–Kier alpha value is -0.760. The molecule has 1 atom stereocenters. The predicted octanol–water partition coefficient (Wildman–Crippen LogP) is 5.46. The minimum atomic E-state index is -0.449. The van der Waals surface area contributed by atoms with Crippen molar-refractivity contribution in [1.82, 2.24) is 0 Å². The number of halogens is 4. The molecule has 0 heterocycles. The summed E-state index contributed by atoms with van der Waals surface area (Å²) in [4.78, 5) is 0. The summed E-state index contributed by atoms with van der Waals surface area (Å²) in [7, 11) is 0. The van der Waals surface area contributed by atoms with Gasteiger partial charge in [-0.2, -0.15) is 0 Å². The topological polar surface area (TPSA) is 0 Å². The van der Waals surface area contributed by atoms with Crippen molar-refractivity contribution in [2.45, 2.75) is 5.38 Å². The van der Waals surface area contributed by atoms with Gasteiger partial charge in [-0.3, -0.25) is 0 Å². The van der Waals surface area contributed by atoms with E-state index < -0.39 is 5.82 Å². The van der Waals surface area contributed by atoms with Gasteiger partial charge in [-0.1, -0.05) is 41.4 Å². The summed E-state index contributed by atoms with van der Waals surface area (Å²) in [5.41, 5.74) is 1.64. The van der Waals surface area contributed by atoms with E-state index in [9.17, 15) is 4.39 Å². The molecule has 0 saturated heterocycles. The van der Waals surface area contributed by atoms with E-state index >= 15 is 0 Å². The molecule has 2 rings (SSSR count). The fourth-order valence-corrected chi connectivity index (χ4v) is 2.09. The minimum Gasteiger partial charge on any atom is -0.205 e. The molecule has 0 N–H and O–H groups in total. The third-order valence-corrected chi connectivity index (χ3v) is 3.44. The lowest BCUT2D eigenvalue weighted by Crippen LogP contribution is -1.93. The van der Waals surface area contributed by atoms with Crippen LogP contribution in [0.25, 0.3) is 0 Å². The van der Waals surface area contributed by atoms with Gasteiger partial charge < -0.3 is 0 Å². The van der Waals surface area contributed by atoms with Crippen molar-refractivity contribution in [2.24, 2.45) is 0 Å². The minimum absolute atomic E-state index is 0.0714. The highest BCUT2D eigenvalue weighted by Crippen LogP contribution is 2.31. The zero-order chi connectivity index (χ0) is 12.4. The van der Waals surface area contributed by atoms with Crippen molar-refractivity contribution < 1.29 is 4.39 Å². The quantitative estimate of drug-likeness (QED) is 0.644. The average molecular weight is 290 g/mol. The molecule has 0 aliphatic rings. The van der Waals surface area contributed by atoms with Gasteiger partial charge in [-0.05, 0) is 35.4 Å². The Morgan fingerprint density at radius 2 is 1.47 bits per heavy atom. The van der Waals surface area contributed by atoms with Gasteiger partial charge in [-0.15, -0.1) is 11.6 Å². The van der Waals surface area contributed by atoms with Crippen molar-refractivity contribution in [2.75, 3.05) is 0 Å². The first-order chi connectivity index (χ1) is 8.08. The molecule has 4 heteroatoms. The highest BCUT2D eigenvalue weighted by molar-refractivity contribution is 6.31. The van der Waals surface area contributed by atoms with E-state index in [0.29, 0.717) is 5.02 Å². The summed E-state index contributed by atoms with van der Waals surface area (Å²) in [5.74, 6) is -0.449.